The summed E-state index contributed by atoms with van der Waals surface area (Å²) in [5.41, 5.74) is 2.37. The zero-order valence-corrected chi connectivity index (χ0v) is 54.3. The van der Waals surface area contributed by atoms with Crippen molar-refractivity contribution in [3.63, 3.8) is 0 Å². The lowest BCUT2D eigenvalue weighted by atomic mass is 9.86. The van der Waals surface area contributed by atoms with E-state index < -0.39 is 66.4 Å². The second-order valence-corrected chi connectivity index (χ2v) is 25.7. The Hall–Kier alpha value is -5.73. The van der Waals surface area contributed by atoms with Crippen LogP contribution in [0.25, 0.3) is 0 Å². The molecule has 92 heavy (non-hydrogen) atoms. The van der Waals surface area contributed by atoms with Gasteiger partial charge in [-0.05, 0) is 157 Å². The predicted molar refractivity (Wildman–Crippen MR) is 352 cm³/mol. The molecule has 17 heteroatoms. The fraction of sp³-hybridized carbons (Fsp3) is 0.587. The van der Waals surface area contributed by atoms with Crippen LogP contribution in [0.2, 0.25) is 0 Å². The maximum atomic E-state index is 13.7. The van der Waals surface area contributed by atoms with Gasteiger partial charge in [0, 0.05) is 75.4 Å². The average Bonchev–Trinajstić information content (AvgIpc) is 1.74. The first-order valence-corrected chi connectivity index (χ1v) is 33.7. The maximum Gasteiger partial charge on any atom is 0.306 e. The molecule has 3 saturated carbocycles. The van der Waals surface area contributed by atoms with Gasteiger partial charge >= 0.3 is 11.9 Å². The molecule has 510 valence electrons. The second kappa shape index (κ2) is 42.6. The third kappa shape index (κ3) is 28.9. The summed E-state index contributed by atoms with van der Waals surface area (Å²) >= 11 is 0. The van der Waals surface area contributed by atoms with Gasteiger partial charge in [0.25, 0.3) is 0 Å². The van der Waals surface area contributed by atoms with E-state index in [9.17, 15) is 64.0 Å². The first-order valence-electron chi connectivity index (χ1n) is 33.7. The van der Waals surface area contributed by atoms with Crippen molar-refractivity contribution in [1.29, 1.82) is 0 Å². The van der Waals surface area contributed by atoms with Crippen molar-refractivity contribution in [2.24, 2.45) is 41.4 Å². The van der Waals surface area contributed by atoms with Crippen molar-refractivity contribution in [3.05, 3.63) is 162 Å². The van der Waals surface area contributed by atoms with Crippen LogP contribution in [0.5, 0.6) is 5.75 Å². The van der Waals surface area contributed by atoms with E-state index in [-0.39, 0.29) is 72.5 Å². The summed E-state index contributed by atoms with van der Waals surface area (Å²) in [6.07, 6.45) is 28.1. The molecule has 3 aromatic carbocycles. The molecule has 0 bridgehead atoms. The number of carboxylic acids is 1. The number of ether oxygens (including phenoxy) is 3. The Morgan fingerprint density at radius 1 is 0.620 bits per heavy atom. The predicted octanol–water partition coefficient (Wildman–Crippen LogP) is 11.7. The highest BCUT2D eigenvalue weighted by Crippen LogP contribution is 2.43. The Balaban J connectivity index is 0.000000252. The summed E-state index contributed by atoms with van der Waals surface area (Å²) in [4.78, 5) is 33.8. The minimum absolute atomic E-state index is 0.0458. The first-order chi connectivity index (χ1) is 44.2. The molecule has 7 rings (SSSR count). The summed E-state index contributed by atoms with van der Waals surface area (Å²) in [6.45, 7) is 6.08. The quantitative estimate of drug-likeness (QED) is 0.0153. The first kappa shape index (κ1) is 77.0. The molecular formula is C75H106F2O15. The molecular weight excluding hydrogens is 1180 g/mol. The van der Waals surface area contributed by atoms with Crippen LogP contribution < -0.4 is 4.74 Å². The lowest BCUT2D eigenvalue weighted by Crippen LogP contribution is -2.22. The smallest absolute Gasteiger partial charge is 0.306 e. The highest BCUT2D eigenvalue weighted by atomic mass is 19.1. The number of Topliss-reactive ketones (excluding diaryl/α,β-unsaturated/α-hetero) is 1. The Morgan fingerprint density at radius 2 is 1.15 bits per heavy atom. The van der Waals surface area contributed by atoms with Gasteiger partial charge < -0.3 is 60.2 Å². The lowest BCUT2D eigenvalue weighted by Gasteiger charge is -2.21. The van der Waals surface area contributed by atoms with E-state index in [4.69, 9.17) is 19.3 Å². The van der Waals surface area contributed by atoms with Gasteiger partial charge in [0.05, 0.1) is 54.9 Å². The zero-order chi connectivity index (χ0) is 66.8. The fourth-order valence-corrected chi connectivity index (χ4v) is 12.8. The van der Waals surface area contributed by atoms with Crippen LogP contribution in [-0.2, 0) is 36.7 Å². The standard InChI is InChI=1S/C26H36F2O6.C26H38O4.C23H32O5/c1-16(2)34-26(31)5-3-4-17-6-9-21-20(23(30)13-24(21)32-14-17)10-8-19(29)15-33-25-12-18(27)7-11-22(25)28;1-2-10-21(27)13-8-3-4-9-14-23-24(26(30)19-25(23)29)18-17-22(28)16-15-20-11-6-5-7-12-20;24-18(13-12-17-8-4-3-5-9-17)14-15-20-19(21(25)16-22(20)26)10-6-1-2-7-11-23(27)28/h7-8,10-12,16-17,19-21,23-24,29-30H,3-6,9,13-15H2,1-2H3;4-7,9,11-12,17-18,22-26,28-30H,2-3,8,10,13-16,19H2,1H3;1,3-6,8-9,14-15,18-22,24-26H,2,7,10-13,16H2,(H,27,28)/b10-8+;9-4-,18-17+;6-1-,15-14+/t17-,19+,20+,21+,23+,24-;22?,23-,24-,25+,26-;18-,19+,20+,21-,22+/m110/s1. The van der Waals surface area contributed by atoms with Crippen molar-refractivity contribution in [2.75, 3.05) is 13.2 Å². The summed E-state index contributed by atoms with van der Waals surface area (Å²) < 4.78 is 43.4. The van der Waals surface area contributed by atoms with Gasteiger partial charge in [0.1, 0.15) is 24.3 Å². The number of aryl methyl sites for hydroxylation is 2. The van der Waals surface area contributed by atoms with Gasteiger partial charge in [-0.25, -0.2) is 8.78 Å². The molecule has 16 atom stereocenters. The third-order valence-electron chi connectivity index (χ3n) is 17.9. The van der Waals surface area contributed by atoms with Crippen LogP contribution in [-0.4, -0.2) is 138 Å². The highest BCUT2D eigenvalue weighted by Gasteiger charge is 2.44. The molecule has 3 aromatic rings. The van der Waals surface area contributed by atoms with E-state index in [1.165, 1.54) is 17.2 Å². The Kier molecular flexibility index (Phi) is 35.6. The van der Waals surface area contributed by atoms with Gasteiger partial charge in [-0.15, -0.1) is 0 Å². The van der Waals surface area contributed by atoms with Crippen LogP contribution in [0.15, 0.2) is 140 Å². The largest absolute Gasteiger partial charge is 0.487 e. The number of fused-ring (bicyclic) bond motifs is 1. The Labute approximate surface area is 544 Å². The molecule has 1 heterocycles. The molecule has 0 amide bonds. The molecule has 0 spiro atoms. The minimum atomic E-state index is -1.03. The van der Waals surface area contributed by atoms with E-state index >= 15 is 0 Å². The zero-order valence-electron chi connectivity index (χ0n) is 54.3. The second-order valence-electron chi connectivity index (χ2n) is 25.7. The van der Waals surface area contributed by atoms with E-state index in [0.29, 0.717) is 95.4 Å². The molecule has 4 aliphatic rings. The minimum Gasteiger partial charge on any atom is -0.487 e. The summed E-state index contributed by atoms with van der Waals surface area (Å²) in [5.74, 6) is -2.36. The molecule has 4 fully saturated rings. The molecule has 3 aliphatic carbocycles. The Morgan fingerprint density at radius 3 is 1.70 bits per heavy atom. The molecule has 1 unspecified atom stereocenters. The highest BCUT2D eigenvalue weighted by molar-refractivity contribution is 5.78. The Bertz CT molecular complexity index is 2720. The number of carboxylic acid groups (broad SMARTS) is 1. The van der Waals surface area contributed by atoms with Crippen LogP contribution in [0, 0.1) is 53.1 Å². The number of carbonyl (C=O) groups is 3. The van der Waals surface area contributed by atoms with Crippen molar-refractivity contribution >= 4 is 17.7 Å². The monoisotopic (exact) mass is 1280 g/mol. The maximum absolute atomic E-state index is 13.7. The number of hydrogen-bond acceptors (Lipinski definition) is 14. The normalized spacial score (nSPS) is 26.6. The number of aliphatic hydroxyl groups excluding tert-OH is 8. The SMILES string of the molecule is CC(C)OC(=O)CCC[C@@H]1CC[C@H]2[C@H](/C=C/[C@H](O)COc3cc(F)ccc3F)[C@@H](O)C[C@H]2OC1.CCCC(=O)CCC/C=C\C[C@@H]1[C@@H](/C=C/C(O)CCc2ccccc2)[C@H](O)C[C@@H]1O.O=C(O)CCC/C=C\C[C@@H]1[C@@H](/C=C/[C@@H](O)CCc2ccccc2)[C@H](O)C[C@@H]1O. The van der Waals surface area contributed by atoms with Crippen LogP contribution >= 0.6 is 0 Å². The summed E-state index contributed by atoms with van der Waals surface area (Å²) in [5, 5.41) is 91.2. The van der Waals surface area contributed by atoms with Gasteiger partial charge in [-0.3, -0.25) is 14.4 Å². The number of allylic oxidation sites excluding steroid dienone is 4. The van der Waals surface area contributed by atoms with Crippen molar-refractivity contribution < 1.29 is 83.3 Å². The summed E-state index contributed by atoms with van der Waals surface area (Å²) in [6, 6.07) is 23.0. The van der Waals surface area contributed by atoms with Gasteiger partial charge in [0.15, 0.2) is 11.6 Å². The number of halogens is 2. The molecule has 1 saturated heterocycles. The summed E-state index contributed by atoms with van der Waals surface area (Å²) in [7, 11) is 0. The van der Waals surface area contributed by atoms with E-state index in [0.717, 1.165) is 76.0 Å². The topological polar surface area (TPSA) is 261 Å². The molecule has 0 aromatic heterocycles. The number of unbranched alkanes of at least 4 members (excludes halogenated alkanes) is 2. The molecule has 0 radical (unpaired) electrons. The number of esters is 1. The average molecular weight is 1290 g/mol. The number of rotatable bonds is 34. The van der Waals surface area contributed by atoms with Crippen molar-refractivity contribution in [2.45, 2.75) is 223 Å². The lowest BCUT2D eigenvalue weighted by molar-refractivity contribution is -0.147. The third-order valence-corrected chi connectivity index (χ3v) is 17.9. The molecule has 15 nitrogen and oxygen atoms in total. The van der Waals surface area contributed by atoms with Gasteiger partial charge in [-0.2, -0.15) is 0 Å². The van der Waals surface area contributed by atoms with E-state index in [1.54, 1.807) is 18.2 Å². The number of ketones is 1. The van der Waals surface area contributed by atoms with Crippen LogP contribution in [0.3, 0.4) is 0 Å². The van der Waals surface area contributed by atoms with Crippen molar-refractivity contribution in [1.82, 2.24) is 0 Å². The van der Waals surface area contributed by atoms with Gasteiger partial charge in [-0.1, -0.05) is 128 Å². The number of aliphatic carboxylic acids is 1. The van der Waals surface area contributed by atoms with Gasteiger partial charge in [0.2, 0.25) is 0 Å². The van der Waals surface area contributed by atoms with E-state index in [2.05, 4.69) is 24.3 Å². The van der Waals surface area contributed by atoms with Crippen LogP contribution in [0.1, 0.15) is 160 Å². The van der Waals surface area contributed by atoms with Crippen LogP contribution in [0.4, 0.5) is 8.78 Å². The number of hydrogen-bond donors (Lipinski definition) is 9. The van der Waals surface area contributed by atoms with Crippen molar-refractivity contribution in [3.8, 4) is 5.75 Å². The van der Waals surface area contributed by atoms with E-state index in [1.807, 2.05) is 93.6 Å². The fourth-order valence-electron chi connectivity index (χ4n) is 12.8. The number of benzene rings is 3. The number of carbonyl (C=O) groups excluding carboxylic acids is 2. The molecule has 9 N–H and O–H groups in total. The number of aliphatic hydroxyl groups is 8. The molecule has 1 aliphatic heterocycles.